The Morgan fingerprint density at radius 3 is 2.95 bits per heavy atom. The predicted molar refractivity (Wildman–Crippen MR) is 79.2 cm³/mol. The zero-order valence-electron chi connectivity index (χ0n) is 12.7. The van der Waals surface area contributed by atoms with Crippen molar-refractivity contribution in [3.63, 3.8) is 0 Å². The van der Waals surface area contributed by atoms with Crippen molar-refractivity contribution in [2.45, 2.75) is 59.2 Å². The summed E-state index contributed by atoms with van der Waals surface area (Å²) in [6, 6.07) is 0.244. The van der Waals surface area contributed by atoms with Crippen molar-refractivity contribution in [2.75, 3.05) is 0 Å². The molecule has 1 aliphatic carbocycles. The Morgan fingerprint density at radius 1 is 1.50 bits per heavy atom. The van der Waals surface area contributed by atoms with E-state index < -0.39 is 0 Å². The first kappa shape index (κ1) is 14.9. The third-order valence-electron chi connectivity index (χ3n) is 3.95. The van der Waals surface area contributed by atoms with Crippen LogP contribution in [0, 0.1) is 11.8 Å². The van der Waals surface area contributed by atoms with Crippen molar-refractivity contribution in [2.24, 2.45) is 11.8 Å². The van der Waals surface area contributed by atoms with Gasteiger partial charge in [0.05, 0.1) is 6.54 Å². The van der Waals surface area contributed by atoms with E-state index in [1.807, 2.05) is 6.20 Å². The van der Waals surface area contributed by atoms with E-state index in [2.05, 4.69) is 41.0 Å². The number of aromatic nitrogens is 2. The number of nitrogens with zero attached hydrogens (tertiary/aromatic N) is 2. The fourth-order valence-corrected chi connectivity index (χ4v) is 2.81. The van der Waals surface area contributed by atoms with Crippen LogP contribution in [-0.4, -0.2) is 21.6 Å². The summed E-state index contributed by atoms with van der Waals surface area (Å²) in [6.07, 6.45) is 7.27. The van der Waals surface area contributed by atoms with E-state index in [-0.39, 0.29) is 6.03 Å². The standard InChI is InChI=1S/C15H26N4O/c1-11(2)10-19-8-7-16-14(19)9-17-15(20)18-13-6-4-5-12(13)3/h7-8,11-13H,4-6,9-10H2,1-3H3,(H2,17,18,20)/t12-,13+/m0/s1. The zero-order chi connectivity index (χ0) is 14.5. The lowest BCUT2D eigenvalue weighted by atomic mass is 10.1. The molecule has 0 bridgehead atoms. The van der Waals surface area contributed by atoms with Crippen LogP contribution in [0.2, 0.25) is 0 Å². The molecule has 0 saturated heterocycles. The van der Waals surface area contributed by atoms with E-state index in [9.17, 15) is 4.79 Å². The Balaban J connectivity index is 1.80. The number of hydrogen-bond acceptors (Lipinski definition) is 2. The lowest BCUT2D eigenvalue weighted by molar-refractivity contribution is 0.233. The van der Waals surface area contributed by atoms with Gasteiger partial charge in [0.1, 0.15) is 5.82 Å². The van der Waals surface area contributed by atoms with Gasteiger partial charge in [-0.3, -0.25) is 0 Å². The average molecular weight is 278 g/mol. The Kier molecular flexibility index (Phi) is 5.04. The van der Waals surface area contributed by atoms with Crippen molar-refractivity contribution >= 4 is 6.03 Å². The van der Waals surface area contributed by atoms with Crippen molar-refractivity contribution in [3.8, 4) is 0 Å². The fourth-order valence-electron chi connectivity index (χ4n) is 2.81. The molecule has 0 spiro atoms. The van der Waals surface area contributed by atoms with Gasteiger partial charge in [-0.25, -0.2) is 9.78 Å². The summed E-state index contributed by atoms with van der Waals surface area (Å²) in [7, 11) is 0. The normalized spacial score (nSPS) is 22.2. The summed E-state index contributed by atoms with van der Waals surface area (Å²) < 4.78 is 2.10. The van der Waals surface area contributed by atoms with Crippen molar-refractivity contribution in [1.29, 1.82) is 0 Å². The van der Waals surface area contributed by atoms with Crippen LogP contribution in [0.15, 0.2) is 12.4 Å². The largest absolute Gasteiger partial charge is 0.335 e. The minimum atomic E-state index is -0.0807. The van der Waals surface area contributed by atoms with Crippen LogP contribution in [-0.2, 0) is 13.1 Å². The second-order valence-electron chi connectivity index (χ2n) is 6.23. The zero-order valence-corrected chi connectivity index (χ0v) is 12.7. The maximum Gasteiger partial charge on any atom is 0.315 e. The van der Waals surface area contributed by atoms with Crippen molar-refractivity contribution in [3.05, 3.63) is 18.2 Å². The third-order valence-corrected chi connectivity index (χ3v) is 3.95. The fraction of sp³-hybridized carbons (Fsp3) is 0.733. The molecule has 1 heterocycles. The quantitative estimate of drug-likeness (QED) is 0.869. The molecule has 2 atom stereocenters. The first-order valence-corrected chi connectivity index (χ1v) is 7.60. The molecule has 1 aromatic heterocycles. The summed E-state index contributed by atoms with van der Waals surface area (Å²) in [5.74, 6) is 2.06. The molecule has 112 valence electrons. The van der Waals surface area contributed by atoms with Gasteiger partial charge in [-0.2, -0.15) is 0 Å². The Hall–Kier alpha value is -1.52. The second-order valence-corrected chi connectivity index (χ2v) is 6.23. The molecule has 0 unspecified atom stereocenters. The van der Waals surface area contributed by atoms with Crippen LogP contribution < -0.4 is 10.6 Å². The van der Waals surface area contributed by atoms with E-state index in [0.717, 1.165) is 18.8 Å². The smallest absolute Gasteiger partial charge is 0.315 e. The van der Waals surface area contributed by atoms with Crippen LogP contribution in [0.25, 0.3) is 0 Å². The van der Waals surface area contributed by atoms with Gasteiger partial charge in [0, 0.05) is 25.0 Å². The number of amides is 2. The summed E-state index contributed by atoms with van der Waals surface area (Å²) in [6.45, 7) is 7.95. The number of hydrogen-bond donors (Lipinski definition) is 2. The van der Waals surface area contributed by atoms with Gasteiger partial charge in [0.25, 0.3) is 0 Å². The monoisotopic (exact) mass is 278 g/mol. The molecule has 2 amide bonds. The van der Waals surface area contributed by atoms with Crippen molar-refractivity contribution in [1.82, 2.24) is 20.2 Å². The second kappa shape index (κ2) is 6.77. The summed E-state index contributed by atoms with van der Waals surface area (Å²) >= 11 is 0. The van der Waals surface area contributed by atoms with Crippen LogP contribution in [0.4, 0.5) is 4.79 Å². The molecule has 1 aliphatic rings. The highest BCUT2D eigenvalue weighted by Gasteiger charge is 2.24. The minimum absolute atomic E-state index is 0.0807. The van der Waals surface area contributed by atoms with Crippen molar-refractivity contribution < 1.29 is 4.79 Å². The molecular weight excluding hydrogens is 252 g/mol. The Morgan fingerprint density at radius 2 is 2.30 bits per heavy atom. The molecule has 1 aromatic rings. The summed E-state index contributed by atoms with van der Waals surface area (Å²) in [4.78, 5) is 16.2. The van der Waals surface area contributed by atoms with Gasteiger partial charge < -0.3 is 15.2 Å². The number of imidazole rings is 1. The molecule has 1 saturated carbocycles. The SMILES string of the molecule is CC(C)Cn1ccnc1CNC(=O)N[C@@H]1CCC[C@@H]1C. The highest BCUT2D eigenvalue weighted by atomic mass is 16.2. The number of rotatable bonds is 5. The lowest BCUT2D eigenvalue weighted by Crippen LogP contribution is -2.43. The van der Waals surface area contributed by atoms with Gasteiger partial charge in [-0.1, -0.05) is 27.2 Å². The van der Waals surface area contributed by atoms with E-state index in [4.69, 9.17) is 0 Å². The van der Waals surface area contributed by atoms with Gasteiger partial charge in [0.2, 0.25) is 0 Å². The van der Waals surface area contributed by atoms with Gasteiger partial charge in [-0.05, 0) is 24.7 Å². The summed E-state index contributed by atoms with van der Waals surface area (Å²) in [5.41, 5.74) is 0. The molecule has 1 fully saturated rings. The molecule has 5 heteroatoms. The van der Waals surface area contributed by atoms with E-state index in [0.29, 0.717) is 24.4 Å². The van der Waals surface area contributed by atoms with Crippen LogP contribution >= 0.6 is 0 Å². The number of nitrogens with one attached hydrogen (secondary N) is 2. The highest BCUT2D eigenvalue weighted by molar-refractivity contribution is 5.74. The number of carbonyl (C=O) groups is 1. The molecule has 0 radical (unpaired) electrons. The first-order chi connectivity index (χ1) is 9.56. The van der Waals surface area contributed by atoms with E-state index in [1.54, 1.807) is 6.20 Å². The van der Waals surface area contributed by atoms with Crippen LogP contribution in [0.5, 0.6) is 0 Å². The minimum Gasteiger partial charge on any atom is -0.335 e. The van der Waals surface area contributed by atoms with E-state index >= 15 is 0 Å². The Labute approximate surface area is 121 Å². The lowest BCUT2D eigenvalue weighted by Gasteiger charge is -2.18. The highest BCUT2D eigenvalue weighted by Crippen LogP contribution is 2.24. The maximum absolute atomic E-state index is 11.9. The van der Waals surface area contributed by atoms with Crippen LogP contribution in [0.3, 0.4) is 0 Å². The van der Waals surface area contributed by atoms with Gasteiger partial charge in [0.15, 0.2) is 0 Å². The third kappa shape index (κ3) is 3.99. The Bertz CT molecular complexity index is 441. The topological polar surface area (TPSA) is 59.0 Å². The maximum atomic E-state index is 11.9. The average Bonchev–Trinajstić information content (AvgIpc) is 2.97. The molecule has 0 aliphatic heterocycles. The molecule has 2 N–H and O–H groups in total. The molecule has 0 aromatic carbocycles. The first-order valence-electron chi connectivity index (χ1n) is 7.60. The van der Waals surface area contributed by atoms with Crippen LogP contribution in [0.1, 0.15) is 45.9 Å². The number of urea groups is 1. The number of carbonyl (C=O) groups excluding carboxylic acids is 1. The molecule has 5 nitrogen and oxygen atoms in total. The summed E-state index contributed by atoms with van der Waals surface area (Å²) in [5, 5.41) is 5.98. The van der Waals surface area contributed by atoms with Gasteiger partial charge >= 0.3 is 6.03 Å². The van der Waals surface area contributed by atoms with Gasteiger partial charge in [-0.15, -0.1) is 0 Å². The predicted octanol–water partition coefficient (Wildman–Crippen LogP) is 2.53. The molecular formula is C15H26N4O. The molecule has 20 heavy (non-hydrogen) atoms. The molecule has 2 rings (SSSR count). The van der Waals surface area contributed by atoms with E-state index in [1.165, 1.54) is 12.8 Å².